The molecular weight excluding hydrogens is 199 g/mol. The Kier molecular flexibility index (Phi) is 2.55. The molecule has 0 saturated heterocycles. The van der Waals surface area contributed by atoms with Crippen LogP contribution in [0.1, 0.15) is 6.42 Å². The number of nitrogens with zero attached hydrogens (tertiary/aromatic N) is 1. The number of aliphatic hydroxyl groups is 1. The molecule has 80 valence electrons. The van der Waals surface area contributed by atoms with Gasteiger partial charge in [0.15, 0.2) is 0 Å². The number of nitrogens with one attached hydrogen (secondary N) is 1. The van der Waals surface area contributed by atoms with Crippen molar-refractivity contribution >= 4 is 11.0 Å². The highest BCUT2D eigenvalue weighted by atomic mass is 19.1. The first-order valence-electron chi connectivity index (χ1n) is 4.71. The molecule has 0 spiro atoms. The third kappa shape index (κ3) is 1.78. The number of hydrogen-bond acceptors (Lipinski definition) is 2. The topological polar surface area (TPSA) is 58.0 Å². The second-order valence-electron chi connectivity index (χ2n) is 3.32. The van der Waals surface area contributed by atoms with Gasteiger partial charge in [-0.05, 0) is 24.6 Å². The van der Waals surface area contributed by atoms with Crippen LogP contribution in [0.3, 0.4) is 0 Å². The van der Waals surface area contributed by atoms with Crippen LogP contribution in [0.25, 0.3) is 11.0 Å². The maximum absolute atomic E-state index is 13.0. The van der Waals surface area contributed by atoms with Gasteiger partial charge in [0.25, 0.3) is 0 Å². The zero-order valence-electron chi connectivity index (χ0n) is 8.03. The van der Waals surface area contributed by atoms with E-state index in [1.54, 1.807) is 0 Å². The van der Waals surface area contributed by atoms with Crippen molar-refractivity contribution in [3.05, 3.63) is 34.5 Å². The van der Waals surface area contributed by atoms with Gasteiger partial charge in [-0.15, -0.1) is 0 Å². The van der Waals surface area contributed by atoms with Crippen molar-refractivity contribution in [1.29, 1.82) is 0 Å². The summed E-state index contributed by atoms with van der Waals surface area (Å²) in [6.45, 7) is 0.396. The number of H-pyrrole nitrogens is 1. The standard InChI is InChI=1S/C10H11FN2O2/c11-7-2-3-8-9(6-7)13(4-1-5-14)10(15)12-8/h2-3,6,14H,1,4-5H2,(H,12,15). The summed E-state index contributed by atoms with van der Waals surface area (Å²) >= 11 is 0. The molecule has 0 radical (unpaired) electrons. The first kappa shape index (κ1) is 9.92. The van der Waals surface area contributed by atoms with Gasteiger partial charge >= 0.3 is 5.69 Å². The van der Waals surface area contributed by atoms with Crippen LogP contribution in [0.15, 0.2) is 23.0 Å². The lowest BCUT2D eigenvalue weighted by molar-refractivity contribution is 0.280. The highest BCUT2D eigenvalue weighted by molar-refractivity contribution is 5.75. The Balaban J connectivity index is 2.55. The molecule has 5 heteroatoms. The molecule has 0 fully saturated rings. The lowest BCUT2D eigenvalue weighted by atomic mass is 10.3. The highest BCUT2D eigenvalue weighted by Crippen LogP contribution is 2.11. The Hall–Kier alpha value is -1.62. The smallest absolute Gasteiger partial charge is 0.326 e. The maximum atomic E-state index is 13.0. The molecule has 15 heavy (non-hydrogen) atoms. The van der Waals surface area contributed by atoms with Gasteiger partial charge in [-0.3, -0.25) is 4.57 Å². The SMILES string of the molecule is O=c1[nH]c2ccc(F)cc2n1CCCO. The summed E-state index contributed by atoms with van der Waals surface area (Å²) in [5.41, 5.74) is 0.872. The Bertz CT molecular complexity index is 530. The van der Waals surface area contributed by atoms with Crippen LogP contribution in [-0.2, 0) is 6.54 Å². The van der Waals surface area contributed by atoms with Crippen molar-refractivity contribution in [3.63, 3.8) is 0 Å². The summed E-state index contributed by atoms with van der Waals surface area (Å²) in [5.74, 6) is -0.376. The van der Waals surface area contributed by atoms with E-state index in [0.29, 0.717) is 24.0 Å². The lowest BCUT2D eigenvalue weighted by Gasteiger charge is -2.00. The van der Waals surface area contributed by atoms with Crippen LogP contribution in [0.4, 0.5) is 4.39 Å². The van der Waals surface area contributed by atoms with Crippen molar-refractivity contribution in [3.8, 4) is 0 Å². The Morgan fingerprint density at radius 3 is 3.00 bits per heavy atom. The molecule has 4 nitrogen and oxygen atoms in total. The average Bonchev–Trinajstić information content (AvgIpc) is 2.51. The molecule has 2 N–H and O–H groups in total. The molecule has 0 aliphatic heterocycles. The molecule has 2 aromatic rings. The fourth-order valence-electron chi connectivity index (χ4n) is 1.58. The first-order valence-corrected chi connectivity index (χ1v) is 4.71. The van der Waals surface area contributed by atoms with E-state index in [1.807, 2.05) is 0 Å². The fraction of sp³-hybridized carbons (Fsp3) is 0.300. The van der Waals surface area contributed by atoms with Crippen LogP contribution in [-0.4, -0.2) is 21.3 Å². The monoisotopic (exact) mass is 210 g/mol. The third-order valence-electron chi connectivity index (χ3n) is 2.28. The molecule has 1 aromatic heterocycles. The molecule has 2 rings (SSSR count). The predicted molar refractivity (Wildman–Crippen MR) is 54.2 cm³/mol. The fourth-order valence-corrected chi connectivity index (χ4v) is 1.58. The van der Waals surface area contributed by atoms with Crippen molar-refractivity contribution in [2.45, 2.75) is 13.0 Å². The number of aromatic amines is 1. The Morgan fingerprint density at radius 1 is 1.47 bits per heavy atom. The van der Waals surface area contributed by atoms with Gasteiger partial charge in [-0.25, -0.2) is 9.18 Å². The van der Waals surface area contributed by atoms with Crippen molar-refractivity contribution < 1.29 is 9.50 Å². The summed E-state index contributed by atoms with van der Waals surface area (Å²) in [7, 11) is 0. The minimum Gasteiger partial charge on any atom is -0.396 e. The van der Waals surface area contributed by atoms with E-state index in [9.17, 15) is 9.18 Å². The number of imidazole rings is 1. The van der Waals surface area contributed by atoms with E-state index in [2.05, 4.69) is 4.98 Å². The van der Waals surface area contributed by atoms with Crippen LogP contribution >= 0.6 is 0 Å². The molecule has 0 aliphatic rings. The number of hydrogen-bond donors (Lipinski definition) is 2. The normalized spacial score (nSPS) is 11.1. The average molecular weight is 210 g/mol. The van der Waals surface area contributed by atoms with E-state index < -0.39 is 0 Å². The molecular formula is C10H11FN2O2. The van der Waals surface area contributed by atoms with Crippen molar-refractivity contribution in [1.82, 2.24) is 9.55 Å². The Labute approximate surface area is 85.0 Å². The summed E-state index contributed by atoms with van der Waals surface area (Å²) in [6, 6.07) is 4.14. The summed E-state index contributed by atoms with van der Waals surface area (Å²) in [4.78, 5) is 14.1. The zero-order chi connectivity index (χ0) is 10.8. The number of halogens is 1. The summed E-state index contributed by atoms with van der Waals surface area (Å²) in [6.07, 6.45) is 0.476. The second-order valence-corrected chi connectivity index (χ2v) is 3.32. The van der Waals surface area contributed by atoms with E-state index in [-0.39, 0.29) is 18.1 Å². The van der Waals surface area contributed by atoms with Gasteiger partial charge in [-0.1, -0.05) is 0 Å². The Morgan fingerprint density at radius 2 is 2.27 bits per heavy atom. The van der Waals surface area contributed by atoms with Crippen LogP contribution in [0.2, 0.25) is 0 Å². The van der Waals surface area contributed by atoms with E-state index >= 15 is 0 Å². The van der Waals surface area contributed by atoms with Gasteiger partial charge in [0.2, 0.25) is 0 Å². The van der Waals surface area contributed by atoms with Crippen LogP contribution < -0.4 is 5.69 Å². The molecule has 0 amide bonds. The molecule has 1 aromatic carbocycles. The lowest BCUT2D eigenvalue weighted by Crippen LogP contribution is -2.17. The van der Waals surface area contributed by atoms with E-state index in [1.165, 1.54) is 22.8 Å². The van der Waals surface area contributed by atoms with Crippen molar-refractivity contribution in [2.75, 3.05) is 6.61 Å². The van der Waals surface area contributed by atoms with E-state index in [0.717, 1.165) is 0 Å². The molecule has 0 aliphatic carbocycles. The molecule has 0 saturated carbocycles. The molecule has 0 unspecified atom stereocenters. The minimum absolute atomic E-state index is 0.00836. The molecule has 1 heterocycles. The van der Waals surface area contributed by atoms with E-state index in [4.69, 9.17) is 5.11 Å². The number of aliphatic hydroxyl groups excluding tert-OH is 1. The molecule has 0 atom stereocenters. The summed E-state index contributed by atoms with van der Waals surface area (Å²) in [5, 5.41) is 8.68. The maximum Gasteiger partial charge on any atom is 0.326 e. The number of rotatable bonds is 3. The number of aryl methyl sites for hydroxylation is 1. The van der Waals surface area contributed by atoms with Crippen LogP contribution in [0.5, 0.6) is 0 Å². The third-order valence-corrected chi connectivity index (χ3v) is 2.28. The van der Waals surface area contributed by atoms with Gasteiger partial charge in [-0.2, -0.15) is 0 Å². The van der Waals surface area contributed by atoms with Gasteiger partial charge in [0.1, 0.15) is 5.82 Å². The number of fused-ring (bicyclic) bond motifs is 1. The highest BCUT2D eigenvalue weighted by Gasteiger charge is 2.06. The predicted octanol–water partition coefficient (Wildman–Crippen LogP) is 0.851. The second kappa shape index (κ2) is 3.86. The molecule has 0 bridgehead atoms. The largest absolute Gasteiger partial charge is 0.396 e. The van der Waals surface area contributed by atoms with Crippen molar-refractivity contribution in [2.24, 2.45) is 0 Å². The number of aromatic nitrogens is 2. The number of benzene rings is 1. The van der Waals surface area contributed by atoms with Gasteiger partial charge < -0.3 is 10.1 Å². The zero-order valence-corrected chi connectivity index (χ0v) is 8.03. The van der Waals surface area contributed by atoms with Gasteiger partial charge in [0, 0.05) is 13.2 Å². The first-order chi connectivity index (χ1) is 7.22. The quantitative estimate of drug-likeness (QED) is 0.789. The van der Waals surface area contributed by atoms with Gasteiger partial charge in [0.05, 0.1) is 11.0 Å². The summed E-state index contributed by atoms with van der Waals surface area (Å²) < 4.78 is 14.4. The minimum atomic E-state index is -0.376. The van der Waals surface area contributed by atoms with Crippen LogP contribution in [0, 0.1) is 5.82 Å².